The van der Waals surface area contributed by atoms with Gasteiger partial charge < -0.3 is 9.40 Å². The molecule has 0 atom stereocenters. The van der Waals surface area contributed by atoms with Gasteiger partial charge in [0.05, 0.1) is 6.21 Å². The van der Waals surface area contributed by atoms with Crippen molar-refractivity contribution in [1.82, 2.24) is 9.97 Å². The van der Waals surface area contributed by atoms with Gasteiger partial charge in [-0.15, -0.1) is 0 Å². The number of hydrazone groups is 1. The number of nitrogens with zero attached hydrogens (tertiary/aromatic N) is 3. The van der Waals surface area contributed by atoms with Gasteiger partial charge in [0.2, 0.25) is 11.6 Å². The van der Waals surface area contributed by atoms with Crippen LogP contribution in [-0.2, 0) is 5.41 Å². The average molecular weight is 307 g/mol. The average Bonchev–Trinajstić information content (AvgIpc) is 3.11. The minimum Gasteiger partial charge on any atom is -0.421 e. The second-order valence-electron chi connectivity index (χ2n) is 6.22. The second kappa shape index (κ2) is 5.61. The van der Waals surface area contributed by atoms with Crippen LogP contribution < -0.4 is 5.43 Å². The Morgan fingerprint density at radius 2 is 2.13 bits per heavy atom. The molecule has 3 rings (SSSR count). The summed E-state index contributed by atoms with van der Waals surface area (Å²) in [6.45, 7) is 5.91. The van der Waals surface area contributed by atoms with Crippen molar-refractivity contribution in [2.45, 2.75) is 26.2 Å². The number of aromatic nitrogens is 2. The molecule has 0 bridgehead atoms. The number of hydrogen-bond acceptors (Lipinski definition) is 5. The van der Waals surface area contributed by atoms with Gasteiger partial charge in [0, 0.05) is 28.1 Å². The first-order chi connectivity index (χ1) is 11.0. The van der Waals surface area contributed by atoms with Gasteiger partial charge in [-0.2, -0.15) is 15.3 Å². The summed E-state index contributed by atoms with van der Waals surface area (Å²) in [7, 11) is 0. The van der Waals surface area contributed by atoms with Gasteiger partial charge in [-0.25, -0.2) is 5.43 Å². The van der Waals surface area contributed by atoms with Crippen LogP contribution in [0.2, 0.25) is 0 Å². The molecule has 1 aromatic carbocycles. The number of H-pyrrole nitrogens is 1. The molecule has 3 aromatic rings. The lowest BCUT2D eigenvalue weighted by Gasteiger charge is -2.11. The Labute approximate surface area is 133 Å². The second-order valence-corrected chi connectivity index (χ2v) is 6.22. The fraction of sp³-hybridized carbons (Fsp3) is 0.235. The molecule has 0 amide bonds. The standard InChI is InChI=1S/C17H17N5O/c1-17(2,3)16-21-14(8-18)15(23-16)22-20-10-11-9-19-13-7-5-4-6-12(11)13/h4-7,9-10,19,22H,1-3H3/b20-10-. The molecule has 0 aliphatic heterocycles. The van der Waals surface area contributed by atoms with Crippen molar-refractivity contribution in [1.29, 1.82) is 5.26 Å². The van der Waals surface area contributed by atoms with E-state index in [9.17, 15) is 0 Å². The normalized spacial score (nSPS) is 11.9. The van der Waals surface area contributed by atoms with E-state index in [1.807, 2.05) is 57.3 Å². The SMILES string of the molecule is CC(C)(C)c1nc(C#N)c(N/N=C\c2c[nH]c3ccccc23)o1. The maximum atomic E-state index is 9.15. The van der Waals surface area contributed by atoms with Crippen molar-refractivity contribution < 1.29 is 4.42 Å². The molecule has 0 aliphatic carbocycles. The molecule has 0 saturated heterocycles. The molecule has 2 heterocycles. The highest BCUT2D eigenvalue weighted by Crippen LogP contribution is 2.26. The molecule has 0 radical (unpaired) electrons. The fourth-order valence-electron chi connectivity index (χ4n) is 2.15. The van der Waals surface area contributed by atoms with E-state index < -0.39 is 0 Å². The van der Waals surface area contributed by atoms with Crippen LogP contribution in [0.5, 0.6) is 0 Å². The lowest BCUT2D eigenvalue weighted by atomic mass is 9.97. The summed E-state index contributed by atoms with van der Waals surface area (Å²) in [4.78, 5) is 7.37. The summed E-state index contributed by atoms with van der Waals surface area (Å²) in [6, 6.07) is 9.97. The smallest absolute Gasteiger partial charge is 0.252 e. The van der Waals surface area contributed by atoms with Gasteiger partial charge in [0.25, 0.3) is 5.88 Å². The first kappa shape index (κ1) is 14.9. The number of rotatable bonds is 3. The molecule has 2 N–H and O–H groups in total. The van der Waals surface area contributed by atoms with Crippen LogP contribution in [-0.4, -0.2) is 16.2 Å². The quantitative estimate of drug-likeness (QED) is 0.569. The molecule has 0 unspecified atom stereocenters. The summed E-state index contributed by atoms with van der Waals surface area (Å²) in [5.74, 6) is 0.757. The lowest BCUT2D eigenvalue weighted by molar-refractivity contribution is 0.399. The van der Waals surface area contributed by atoms with E-state index in [0.29, 0.717) is 5.89 Å². The number of nitrogens with one attached hydrogen (secondary N) is 2. The summed E-state index contributed by atoms with van der Waals surface area (Å²) < 4.78 is 5.61. The van der Waals surface area contributed by atoms with Gasteiger partial charge >= 0.3 is 0 Å². The number of nitriles is 1. The van der Waals surface area contributed by atoms with Gasteiger partial charge in [0.15, 0.2) is 0 Å². The van der Waals surface area contributed by atoms with E-state index in [1.54, 1.807) is 6.21 Å². The Bertz CT molecular complexity index is 905. The van der Waals surface area contributed by atoms with Crippen molar-refractivity contribution in [3.8, 4) is 6.07 Å². The molecule has 6 nitrogen and oxygen atoms in total. The van der Waals surface area contributed by atoms with E-state index in [1.165, 1.54) is 0 Å². The molecule has 0 aliphatic rings. The van der Waals surface area contributed by atoms with Crippen LogP contribution in [0.15, 0.2) is 40.0 Å². The van der Waals surface area contributed by atoms with E-state index in [2.05, 4.69) is 20.5 Å². The van der Waals surface area contributed by atoms with Crippen LogP contribution in [0.4, 0.5) is 5.88 Å². The number of hydrogen-bond donors (Lipinski definition) is 2. The zero-order valence-corrected chi connectivity index (χ0v) is 13.2. The van der Waals surface area contributed by atoms with Crippen LogP contribution in [0, 0.1) is 11.3 Å². The first-order valence-electron chi connectivity index (χ1n) is 7.25. The van der Waals surface area contributed by atoms with E-state index in [0.717, 1.165) is 16.5 Å². The van der Waals surface area contributed by atoms with Crippen molar-refractivity contribution in [3.63, 3.8) is 0 Å². The fourth-order valence-corrected chi connectivity index (χ4v) is 2.15. The monoisotopic (exact) mass is 307 g/mol. The number of fused-ring (bicyclic) bond motifs is 1. The minimum atomic E-state index is -0.272. The van der Waals surface area contributed by atoms with Crippen LogP contribution in [0.1, 0.15) is 37.9 Å². The third-order valence-electron chi connectivity index (χ3n) is 3.37. The summed E-state index contributed by atoms with van der Waals surface area (Å²) in [6.07, 6.45) is 3.56. The van der Waals surface area contributed by atoms with E-state index in [-0.39, 0.29) is 17.0 Å². The maximum Gasteiger partial charge on any atom is 0.252 e. The predicted octanol–water partition coefficient (Wildman–Crippen LogP) is 3.77. The van der Waals surface area contributed by atoms with Gasteiger partial charge in [0.1, 0.15) is 6.07 Å². The highest BCUT2D eigenvalue weighted by molar-refractivity contribution is 5.99. The first-order valence-corrected chi connectivity index (χ1v) is 7.25. The van der Waals surface area contributed by atoms with Crippen LogP contribution >= 0.6 is 0 Å². The highest BCUT2D eigenvalue weighted by Gasteiger charge is 2.23. The Balaban J connectivity index is 1.83. The van der Waals surface area contributed by atoms with E-state index >= 15 is 0 Å². The molecular formula is C17H17N5O. The van der Waals surface area contributed by atoms with E-state index in [4.69, 9.17) is 9.68 Å². The van der Waals surface area contributed by atoms with Crippen molar-refractivity contribution in [2.75, 3.05) is 5.43 Å². The maximum absolute atomic E-state index is 9.15. The zero-order chi connectivity index (χ0) is 16.4. The Morgan fingerprint density at radius 1 is 1.35 bits per heavy atom. The summed E-state index contributed by atoms with van der Waals surface area (Å²) >= 11 is 0. The third-order valence-corrected chi connectivity index (χ3v) is 3.37. The minimum absolute atomic E-state index is 0.200. The van der Waals surface area contributed by atoms with Crippen molar-refractivity contribution >= 4 is 23.0 Å². The highest BCUT2D eigenvalue weighted by atomic mass is 16.4. The third kappa shape index (κ3) is 2.94. The number of anilines is 1. The van der Waals surface area contributed by atoms with Crippen LogP contribution in [0.3, 0.4) is 0 Å². The molecular weight excluding hydrogens is 290 g/mol. The number of benzene rings is 1. The predicted molar refractivity (Wildman–Crippen MR) is 89.4 cm³/mol. The molecule has 0 spiro atoms. The number of para-hydroxylation sites is 1. The topological polar surface area (TPSA) is 90.0 Å². The zero-order valence-electron chi connectivity index (χ0n) is 13.2. The van der Waals surface area contributed by atoms with Crippen molar-refractivity contribution in [2.24, 2.45) is 5.10 Å². The molecule has 2 aromatic heterocycles. The Morgan fingerprint density at radius 3 is 2.87 bits per heavy atom. The van der Waals surface area contributed by atoms with Gasteiger partial charge in [-0.05, 0) is 6.07 Å². The van der Waals surface area contributed by atoms with Crippen molar-refractivity contribution in [3.05, 3.63) is 47.6 Å². The number of aromatic amines is 1. The van der Waals surface area contributed by atoms with Gasteiger partial charge in [-0.3, -0.25) is 0 Å². The summed E-state index contributed by atoms with van der Waals surface area (Å²) in [5, 5.41) is 14.4. The Kier molecular flexibility index (Phi) is 3.62. The Hall–Kier alpha value is -3.07. The molecule has 116 valence electrons. The molecule has 23 heavy (non-hydrogen) atoms. The van der Waals surface area contributed by atoms with Gasteiger partial charge in [-0.1, -0.05) is 39.0 Å². The number of oxazole rings is 1. The lowest BCUT2D eigenvalue weighted by Crippen LogP contribution is -2.11. The molecule has 6 heteroatoms. The molecule has 0 fully saturated rings. The summed E-state index contributed by atoms with van der Waals surface area (Å²) in [5.41, 5.74) is 4.68. The van der Waals surface area contributed by atoms with Crippen LogP contribution in [0.25, 0.3) is 10.9 Å². The molecule has 0 saturated carbocycles. The largest absolute Gasteiger partial charge is 0.421 e.